The van der Waals surface area contributed by atoms with Crippen molar-refractivity contribution in [2.75, 3.05) is 63.6 Å². The molecule has 186 valence electrons. The van der Waals surface area contributed by atoms with Gasteiger partial charge in [0.25, 0.3) is 0 Å². The minimum Gasteiger partial charge on any atom is -0.382 e. The van der Waals surface area contributed by atoms with E-state index in [4.69, 9.17) is 9.72 Å². The number of rotatable bonds is 8. The van der Waals surface area contributed by atoms with E-state index in [0.717, 1.165) is 57.4 Å². The highest BCUT2D eigenvalue weighted by atomic mass is 32.2. The highest BCUT2D eigenvalue weighted by molar-refractivity contribution is 7.97. The zero-order valence-electron chi connectivity index (χ0n) is 21.0. The molecule has 2 saturated heterocycles. The molecule has 0 radical (unpaired) electrons. The highest BCUT2D eigenvalue weighted by Crippen LogP contribution is 2.35. The molecule has 2 fully saturated rings. The largest absolute Gasteiger partial charge is 0.382 e. The van der Waals surface area contributed by atoms with Crippen LogP contribution in [0.2, 0.25) is 0 Å². The Labute approximate surface area is 213 Å². The molecule has 1 atom stereocenters. The third-order valence-electron chi connectivity index (χ3n) is 6.03. The van der Waals surface area contributed by atoms with Crippen molar-refractivity contribution >= 4 is 35.4 Å². The Morgan fingerprint density at radius 2 is 1.65 bits per heavy atom. The van der Waals surface area contributed by atoms with Crippen molar-refractivity contribution in [1.29, 1.82) is 0 Å². The second kappa shape index (κ2) is 12.0. The first-order chi connectivity index (χ1) is 16.4. The first-order valence-corrected chi connectivity index (χ1v) is 13.9. The number of ether oxygens (including phenoxy) is 1. The van der Waals surface area contributed by atoms with E-state index in [9.17, 15) is 0 Å². The first-order valence-electron chi connectivity index (χ1n) is 12.4. The molecule has 0 saturated carbocycles. The van der Waals surface area contributed by atoms with Gasteiger partial charge in [0.15, 0.2) is 0 Å². The molecule has 0 aliphatic carbocycles. The van der Waals surface area contributed by atoms with E-state index in [1.54, 1.807) is 0 Å². The lowest BCUT2D eigenvalue weighted by Gasteiger charge is -2.32. The molecule has 1 aromatic heterocycles. The lowest BCUT2D eigenvalue weighted by Crippen LogP contribution is -2.30. The Hall–Kier alpha value is -1.45. The quantitative estimate of drug-likeness (QED) is 0.440. The number of nitrogens with zero attached hydrogens (tertiary/aromatic N) is 3. The molecule has 0 bridgehead atoms. The van der Waals surface area contributed by atoms with Crippen LogP contribution >= 0.6 is 23.9 Å². The van der Waals surface area contributed by atoms with Gasteiger partial charge in [-0.1, -0.05) is 20.8 Å². The number of morpholine rings is 1. The second-order valence-corrected chi connectivity index (χ2v) is 12.6. The maximum atomic E-state index is 5.45. The van der Waals surface area contributed by atoms with Gasteiger partial charge in [-0.05, 0) is 78.6 Å². The number of pyridine rings is 1. The van der Waals surface area contributed by atoms with E-state index in [1.165, 1.54) is 28.3 Å². The molecule has 2 aliphatic heterocycles. The van der Waals surface area contributed by atoms with Gasteiger partial charge in [0.1, 0.15) is 5.82 Å². The number of piperidine rings is 1. The Bertz CT molecular complexity index is 912. The average Bonchev–Trinajstić information content (AvgIpc) is 2.84. The van der Waals surface area contributed by atoms with Gasteiger partial charge in [0, 0.05) is 61.2 Å². The topological polar surface area (TPSA) is 52.7 Å². The molecule has 6 nitrogen and oxygen atoms in total. The first kappa shape index (κ1) is 25.6. The van der Waals surface area contributed by atoms with Crippen LogP contribution in [0, 0.1) is 5.41 Å². The molecule has 2 aromatic rings. The van der Waals surface area contributed by atoms with Crippen LogP contribution in [0.3, 0.4) is 0 Å². The van der Waals surface area contributed by atoms with Gasteiger partial charge in [0.05, 0.1) is 18.9 Å². The van der Waals surface area contributed by atoms with Gasteiger partial charge in [0.2, 0.25) is 0 Å². The van der Waals surface area contributed by atoms with Gasteiger partial charge in [-0.15, -0.1) is 0 Å². The summed E-state index contributed by atoms with van der Waals surface area (Å²) >= 11 is 3.71. The molecule has 1 unspecified atom stereocenters. The van der Waals surface area contributed by atoms with Crippen LogP contribution < -0.4 is 10.6 Å². The smallest absolute Gasteiger partial charge is 0.149 e. The molecule has 2 N–H and O–H groups in total. The Morgan fingerprint density at radius 1 is 0.971 bits per heavy atom. The number of hydrogen-bond acceptors (Lipinski definition) is 8. The number of aromatic nitrogens is 1. The van der Waals surface area contributed by atoms with Crippen molar-refractivity contribution < 1.29 is 4.74 Å². The summed E-state index contributed by atoms with van der Waals surface area (Å²) in [5.74, 6) is 1.40. The standard InChI is InChI=1S/C26H39N5OS2/c1-26(2,3)19-28-24-12-11-23(29-25(24)27-4)20-6-5-13-31(18-20)34-22-9-7-21(8-10-22)33-30-14-16-32-17-15-30/h7-12,20,28H,5-6,13-19H2,1-4H3,(H,27,29). The Balaban J connectivity index is 1.34. The predicted molar refractivity (Wildman–Crippen MR) is 146 cm³/mol. The summed E-state index contributed by atoms with van der Waals surface area (Å²) in [4.78, 5) is 7.60. The highest BCUT2D eigenvalue weighted by Gasteiger charge is 2.24. The normalized spacial score (nSPS) is 20.3. The lowest BCUT2D eigenvalue weighted by molar-refractivity contribution is 0.0773. The maximum absolute atomic E-state index is 5.45. The SMILES string of the molecule is CNc1nc(C2CCCN(Sc3ccc(SN4CCOCC4)cc3)C2)ccc1NCC(C)(C)C. The zero-order chi connectivity index (χ0) is 24.0. The second-order valence-electron chi connectivity index (χ2n) is 10.2. The van der Waals surface area contributed by atoms with E-state index in [0.29, 0.717) is 5.92 Å². The minimum atomic E-state index is 0.226. The van der Waals surface area contributed by atoms with E-state index in [-0.39, 0.29) is 5.41 Å². The number of benzene rings is 1. The molecule has 1 aromatic carbocycles. The van der Waals surface area contributed by atoms with Crippen molar-refractivity contribution in [2.45, 2.75) is 49.3 Å². The van der Waals surface area contributed by atoms with Crippen molar-refractivity contribution in [3.05, 3.63) is 42.1 Å². The van der Waals surface area contributed by atoms with Crippen molar-refractivity contribution in [1.82, 2.24) is 13.6 Å². The van der Waals surface area contributed by atoms with Gasteiger partial charge >= 0.3 is 0 Å². The Kier molecular flexibility index (Phi) is 9.04. The van der Waals surface area contributed by atoms with Gasteiger partial charge < -0.3 is 15.4 Å². The molecule has 0 amide bonds. The number of anilines is 2. The minimum absolute atomic E-state index is 0.226. The van der Waals surface area contributed by atoms with E-state index in [2.05, 4.69) is 76.4 Å². The summed E-state index contributed by atoms with van der Waals surface area (Å²) in [6, 6.07) is 13.4. The molecular weight excluding hydrogens is 462 g/mol. The summed E-state index contributed by atoms with van der Waals surface area (Å²) in [5, 5.41) is 6.85. The fourth-order valence-corrected chi connectivity index (χ4v) is 6.08. The lowest BCUT2D eigenvalue weighted by atomic mass is 9.95. The van der Waals surface area contributed by atoms with Crippen LogP contribution in [0.25, 0.3) is 0 Å². The molecule has 0 spiro atoms. The third-order valence-corrected chi connectivity index (χ3v) is 8.21. The summed E-state index contributed by atoms with van der Waals surface area (Å²) in [5.41, 5.74) is 2.50. The van der Waals surface area contributed by atoms with Crippen molar-refractivity contribution in [2.24, 2.45) is 5.41 Å². The van der Waals surface area contributed by atoms with Crippen molar-refractivity contribution in [3.63, 3.8) is 0 Å². The number of nitrogens with one attached hydrogen (secondary N) is 2. The van der Waals surface area contributed by atoms with Crippen LogP contribution in [0.4, 0.5) is 11.5 Å². The van der Waals surface area contributed by atoms with Crippen LogP contribution in [0.15, 0.2) is 46.2 Å². The van der Waals surface area contributed by atoms with Crippen LogP contribution in [0.5, 0.6) is 0 Å². The summed E-state index contributed by atoms with van der Waals surface area (Å²) in [7, 11) is 1.96. The molecule has 34 heavy (non-hydrogen) atoms. The summed E-state index contributed by atoms with van der Waals surface area (Å²) in [6.07, 6.45) is 2.39. The van der Waals surface area contributed by atoms with Crippen LogP contribution in [-0.4, -0.2) is 66.6 Å². The van der Waals surface area contributed by atoms with E-state index in [1.807, 2.05) is 30.9 Å². The maximum Gasteiger partial charge on any atom is 0.149 e. The fraction of sp³-hybridized carbons (Fsp3) is 0.577. The summed E-state index contributed by atoms with van der Waals surface area (Å²) in [6.45, 7) is 13.4. The summed E-state index contributed by atoms with van der Waals surface area (Å²) < 4.78 is 10.3. The molecule has 8 heteroatoms. The number of hydrogen-bond donors (Lipinski definition) is 2. The van der Waals surface area contributed by atoms with Crippen molar-refractivity contribution in [3.8, 4) is 0 Å². The predicted octanol–water partition coefficient (Wildman–Crippen LogP) is 5.81. The Morgan fingerprint density at radius 3 is 2.29 bits per heavy atom. The van der Waals surface area contributed by atoms with Gasteiger partial charge in [-0.2, -0.15) is 0 Å². The van der Waals surface area contributed by atoms with Gasteiger partial charge in [-0.25, -0.2) is 13.6 Å². The zero-order valence-corrected chi connectivity index (χ0v) is 22.6. The van der Waals surface area contributed by atoms with Crippen LogP contribution in [0.1, 0.15) is 45.2 Å². The van der Waals surface area contributed by atoms with E-state index >= 15 is 0 Å². The fourth-order valence-electron chi connectivity index (χ4n) is 4.16. The third kappa shape index (κ3) is 7.52. The van der Waals surface area contributed by atoms with Gasteiger partial charge in [-0.3, -0.25) is 0 Å². The van der Waals surface area contributed by atoms with E-state index < -0.39 is 0 Å². The monoisotopic (exact) mass is 501 g/mol. The molecule has 4 rings (SSSR count). The molecule has 2 aliphatic rings. The average molecular weight is 502 g/mol. The molecular formula is C26H39N5OS2. The molecule has 3 heterocycles. The van der Waals surface area contributed by atoms with Crippen LogP contribution in [-0.2, 0) is 4.74 Å².